The van der Waals surface area contributed by atoms with Gasteiger partial charge in [0.2, 0.25) is 10.0 Å². The summed E-state index contributed by atoms with van der Waals surface area (Å²) in [5, 5.41) is 12.8. The first-order valence-electron chi connectivity index (χ1n) is 9.19. The standard InChI is InChI=1S/C18H21N5O4S2/c1-12-17(13(2)27-21-12)29(25,26)23-7-4-6-22(8-9-23)18(24)15-11-14(19-20-15)16-5-3-10-28-16/h3,5,10-11H,4,6-9H2,1-2H3,(H,19,20). The zero-order valence-electron chi connectivity index (χ0n) is 16.1. The maximum atomic E-state index is 13.0. The number of carbonyl (C=O) groups is 1. The van der Waals surface area contributed by atoms with Crippen LogP contribution in [0, 0.1) is 13.8 Å². The highest BCUT2D eigenvalue weighted by Crippen LogP contribution is 2.25. The second-order valence-corrected chi connectivity index (χ2v) is 9.67. The van der Waals surface area contributed by atoms with Crippen LogP contribution in [0.3, 0.4) is 0 Å². The van der Waals surface area contributed by atoms with Gasteiger partial charge in [-0.2, -0.15) is 9.40 Å². The molecule has 11 heteroatoms. The van der Waals surface area contributed by atoms with Crippen LogP contribution >= 0.6 is 11.3 Å². The molecule has 4 heterocycles. The van der Waals surface area contributed by atoms with Gasteiger partial charge in [0.15, 0.2) is 11.5 Å². The summed E-state index contributed by atoms with van der Waals surface area (Å²) < 4.78 is 32.5. The molecule has 1 N–H and O–H groups in total. The molecule has 29 heavy (non-hydrogen) atoms. The lowest BCUT2D eigenvalue weighted by Gasteiger charge is -2.21. The highest BCUT2D eigenvalue weighted by atomic mass is 32.2. The van der Waals surface area contributed by atoms with Crippen molar-refractivity contribution in [1.29, 1.82) is 0 Å². The molecule has 9 nitrogen and oxygen atoms in total. The number of hydrogen-bond donors (Lipinski definition) is 1. The van der Waals surface area contributed by atoms with Crippen LogP contribution in [0.15, 0.2) is 33.0 Å². The number of nitrogens with zero attached hydrogens (tertiary/aromatic N) is 4. The molecular weight excluding hydrogens is 414 g/mol. The van der Waals surface area contributed by atoms with Crippen molar-refractivity contribution in [1.82, 2.24) is 24.6 Å². The van der Waals surface area contributed by atoms with Crippen molar-refractivity contribution in [2.24, 2.45) is 0 Å². The van der Waals surface area contributed by atoms with Gasteiger partial charge >= 0.3 is 0 Å². The third kappa shape index (κ3) is 3.72. The van der Waals surface area contributed by atoms with Crippen molar-refractivity contribution in [3.8, 4) is 10.6 Å². The fourth-order valence-corrected chi connectivity index (χ4v) is 5.91. The molecule has 0 spiro atoms. The third-order valence-corrected chi connectivity index (χ3v) is 7.94. The summed E-state index contributed by atoms with van der Waals surface area (Å²) in [4.78, 5) is 15.7. The molecule has 3 aromatic rings. The lowest BCUT2D eigenvalue weighted by atomic mass is 10.3. The number of nitrogens with one attached hydrogen (secondary N) is 1. The number of aryl methyl sites for hydroxylation is 2. The predicted molar refractivity (Wildman–Crippen MR) is 107 cm³/mol. The molecule has 0 unspecified atom stereocenters. The van der Waals surface area contributed by atoms with E-state index in [2.05, 4.69) is 15.4 Å². The Balaban J connectivity index is 1.48. The molecule has 0 aliphatic carbocycles. The molecule has 1 saturated heterocycles. The second-order valence-electron chi connectivity index (χ2n) is 6.85. The molecule has 1 amide bonds. The van der Waals surface area contributed by atoms with Crippen molar-refractivity contribution in [2.75, 3.05) is 26.2 Å². The highest BCUT2D eigenvalue weighted by molar-refractivity contribution is 7.89. The van der Waals surface area contributed by atoms with E-state index in [0.29, 0.717) is 37.4 Å². The van der Waals surface area contributed by atoms with Gasteiger partial charge in [-0.15, -0.1) is 11.3 Å². The lowest BCUT2D eigenvalue weighted by Crippen LogP contribution is -2.37. The van der Waals surface area contributed by atoms with E-state index >= 15 is 0 Å². The Hall–Kier alpha value is -2.50. The van der Waals surface area contributed by atoms with Crippen molar-refractivity contribution in [3.05, 3.63) is 40.7 Å². The summed E-state index contributed by atoms with van der Waals surface area (Å²) in [6.07, 6.45) is 0.538. The SMILES string of the molecule is Cc1noc(C)c1S(=O)(=O)N1CCCN(C(=O)c2cc(-c3cccs3)[nH]n2)CC1. The Kier molecular flexibility index (Phi) is 5.28. The topological polar surface area (TPSA) is 112 Å². The van der Waals surface area contributed by atoms with Crippen LogP contribution in [-0.2, 0) is 10.0 Å². The Morgan fingerprint density at radius 1 is 1.24 bits per heavy atom. The molecule has 3 aromatic heterocycles. The third-order valence-electron chi connectivity index (χ3n) is 4.89. The van der Waals surface area contributed by atoms with E-state index in [-0.39, 0.29) is 23.1 Å². The number of hydrogen-bond acceptors (Lipinski definition) is 7. The Morgan fingerprint density at radius 3 is 2.76 bits per heavy atom. The molecular formula is C18H21N5O4S2. The van der Waals surface area contributed by atoms with E-state index < -0.39 is 10.0 Å². The minimum atomic E-state index is -3.72. The van der Waals surface area contributed by atoms with Crippen molar-refractivity contribution in [3.63, 3.8) is 0 Å². The maximum absolute atomic E-state index is 13.0. The van der Waals surface area contributed by atoms with Crippen LogP contribution in [0.5, 0.6) is 0 Å². The number of aromatic nitrogens is 3. The Bertz CT molecular complexity index is 1100. The number of H-pyrrole nitrogens is 1. The Labute approximate surface area is 172 Å². The zero-order valence-corrected chi connectivity index (χ0v) is 17.7. The van der Waals surface area contributed by atoms with Gasteiger partial charge in [-0.3, -0.25) is 9.89 Å². The van der Waals surface area contributed by atoms with E-state index in [4.69, 9.17) is 4.52 Å². The zero-order chi connectivity index (χ0) is 20.6. The van der Waals surface area contributed by atoms with Gasteiger partial charge in [-0.1, -0.05) is 11.2 Å². The molecule has 0 aromatic carbocycles. The van der Waals surface area contributed by atoms with Crippen LogP contribution in [0.1, 0.15) is 28.4 Å². The number of carbonyl (C=O) groups excluding carboxylic acids is 1. The van der Waals surface area contributed by atoms with Gasteiger partial charge < -0.3 is 9.42 Å². The number of rotatable bonds is 4. The van der Waals surface area contributed by atoms with Gasteiger partial charge in [0.25, 0.3) is 5.91 Å². The normalized spacial score (nSPS) is 16.1. The van der Waals surface area contributed by atoms with Crippen molar-refractivity contribution in [2.45, 2.75) is 25.2 Å². The number of aromatic amines is 1. The summed E-state index contributed by atoms with van der Waals surface area (Å²) in [6, 6.07) is 5.62. The first-order valence-corrected chi connectivity index (χ1v) is 11.5. The van der Waals surface area contributed by atoms with Gasteiger partial charge in [-0.25, -0.2) is 8.42 Å². The highest BCUT2D eigenvalue weighted by Gasteiger charge is 2.33. The minimum Gasteiger partial charge on any atom is -0.360 e. The van der Waals surface area contributed by atoms with Gasteiger partial charge in [-0.05, 0) is 37.8 Å². The predicted octanol–water partition coefficient (Wildman–Crippen LogP) is 2.28. The smallest absolute Gasteiger partial charge is 0.274 e. The summed E-state index contributed by atoms with van der Waals surface area (Å²) in [6.45, 7) is 4.50. The van der Waals surface area contributed by atoms with Crippen LogP contribution in [-0.4, -0.2) is 65.1 Å². The van der Waals surface area contributed by atoms with E-state index in [9.17, 15) is 13.2 Å². The number of sulfonamides is 1. The first-order chi connectivity index (χ1) is 13.9. The van der Waals surface area contributed by atoms with Crippen molar-refractivity contribution < 1.29 is 17.7 Å². The molecule has 0 bridgehead atoms. The van der Waals surface area contributed by atoms with E-state index in [1.54, 1.807) is 36.2 Å². The molecule has 0 saturated carbocycles. The average molecular weight is 436 g/mol. The molecule has 154 valence electrons. The molecule has 1 aliphatic heterocycles. The van der Waals surface area contributed by atoms with Gasteiger partial charge in [0.05, 0.1) is 10.6 Å². The van der Waals surface area contributed by atoms with Crippen LogP contribution in [0.2, 0.25) is 0 Å². The first kappa shape index (κ1) is 19.8. The molecule has 0 radical (unpaired) electrons. The van der Waals surface area contributed by atoms with Crippen LogP contribution in [0.4, 0.5) is 0 Å². The number of amides is 1. The van der Waals surface area contributed by atoms with E-state index in [1.807, 2.05) is 17.5 Å². The summed E-state index contributed by atoms with van der Waals surface area (Å²) in [5.41, 5.74) is 1.47. The summed E-state index contributed by atoms with van der Waals surface area (Å²) in [7, 11) is -3.72. The lowest BCUT2D eigenvalue weighted by molar-refractivity contribution is 0.0758. The monoisotopic (exact) mass is 435 g/mol. The molecule has 1 fully saturated rings. The van der Waals surface area contributed by atoms with Crippen LogP contribution in [0.25, 0.3) is 10.6 Å². The average Bonchev–Trinajstić information content (AvgIpc) is 3.39. The quantitative estimate of drug-likeness (QED) is 0.673. The van der Waals surface area contributed by atoms with Crippen LogP contribution < -0.4 is 0 Å². The Morgan fingerprint density at radius 2 is 2.07 bits per heavy atom. The number of thiophene rings is 1. The molecule has 1 aliphatic rings. The largest absolute Gasteiger partial charge is 0.360 e. The van der Waals surface area contributed by atoms with E-state index in [0.717, 1.165) is 10.6 Å². The molecule has 4 rings (SSSR count). The summed E-state index contributed by atoms with van der Waals surface area (Å²) >= 11 is 1.56. The van der Waals surface area contributed by atoms with Gasteiger partial charge in [0.1, 0.15) is 10.6 Å². The molecule has 0 atom stereocenters. The van der Waals surface area contributed by atoms with E-state index in [1.165, 1.54) is 4.31 Å². The minimum absolute atomic E-state index is 0.116. The fourth-order valence-electron chi connectivity index (χ4n) is 3.46. The fraction of sp³-hybridized carbons (Fsp3) is 0.389. The van der Waals surface area contributed by atoms with Gasteiger partial charge in [0, 0.05) is 26.2 Å². The second kappa shape index (κ2) is 7.73. The summed E-state index contributed by atoms with van der Waals surface area (Å²) in [5.74, 6) is 0.0675. The maximum Gasteiger partial charge on any atom is 0.274 e. The van der Waals surface area contributed by atoms with Crippen molar-refractivity contribution >= 4 is 27.3 Å².